The summed E-state index contributed by atoms with van der Waals surface area (Å²) in [7, 11) is 0. The van der Waals surface area contributed by atoms with Crippen LogP contribution in [0.3, 0.4) is 0 Å². The Bertz CT molecular complexity index is 622. The van der Waals surface area contributed by atoms with E-state index in [1.54, 1.807) is 6.21 Å². The summed E-state index contributed by atoms with van der Waals surface area (Å²) in [5.74, 6) is 0.0374. The molecule has 0 fully saturated rings. The Kier molecular flexibility index (Phi) is 6.61. The number of H-pyrrole nitrogens is 1. The van der Waals surface area contributed by atoms with Gasteiger partial charge in [-0.2, -0.15) is 10.2 Å². The lowest BCUT2D eigenvalue weighted by atomic mass is 10.2. The van der Waals surface area contributed by atoms with Gasteiger partial charge in [0.05, 0.1) is 12.0 Å². The molecule has 7 nitrogen and oxygen atoms in total. The van der Waals surface area contributed by atoms with Crippen LogP contribution in [0.15, 0.2) is 40.9 Å². The summed E-state index contributed by atoms with van der Waals surface area (Å²) in [6.07, 6.45) is 3.03. The van der Waals surface area contributed by atoms with Crippen LogP contribution >= 0.6 is 11.8 Å². The molecule has 1 amide bonds. The van der Waals surface area contributed by atoms with E-state index in [0.29, 0.717) is 5.16 Å². The van der Waals surface area contributed by atoms with Crippen LogP contribution in [0.2, 0.25) is 0 Å². The van der Waals surface area contributed by atoms with Gasteiger partial charge in [0, 0.05) is 18.8 Å². The quantitative estimate of drug-likeness (QED) is 0.438. The third-order valence-electron chi connectivity index (χ3n) is 3.16. The number of nitrogens with zero attached hydrogens (tertiary/aromatic N) is 4. The maximum Gasteiger partial charge on any atom is 0.250 e. The number of benzene rings is 1. The van der Waals surface area contributed by atoms with E-state index in [1.165, 1.54) is 23.8 Å². The van der Waals surface area contributed by atoms with Crippen molar-refractivity contribution in [3.8, 4) is 0 Å². The molecule has 0 saturated heterocycles. The highest BCUT2D eigenvalue weighted by molar-refractivity contribution is 7.99. The zero-order valence-electron chi connectivity index (χ0n) is 13.2. The van der Waals surface area contributed by atoms with Crippen LogP contribution in [-0.2, 0) is 4.79 Å². The Morgan fingerprint density at radius 2 is 2.09 bits per heavy atom. The first kappa shape index (κ1) is 17.0. The van der Waals surface area contributed by atoms with Gasteiger partial charge in [0.1, 0.15) is 6.33 Å². The second-order valence-electron chi connectivity index (χ2n) is 4.64. The van der Waals surface area contributed by atoms with E-state index < -0.39 is 0 Å². The first-order valence-corrected chi connectivity index (χ1v) is 8.36. The summed E-state index contributed by atoms with van der Waals surface area (Å²) in [6.45, 7) is 6.21. The first-order valence-electron chi connectivity index (χ1n) is 7.38. The van der Waals surface area contributed by atoms with Gasteiger partial charge >= 0.3 is 0 Å². The van der Waals surface area contributed by atoms with Gasteiger partial charge in [-0.1, -0.05) is 23.9 Å². The number of aromatic amines is 1. The van der Waals surface area contributed by atoms with Gasteiger partial charge in [-0.15, -0.1) is 0 Å². The lowest BCUT2D eigenvalue weighted by molar-refractivity contribution is -0.118. The van der Waals surface area contributed by atoms with Gasteiger partial charge in [-0.25, -0.2) is 10.4 Å². The van der Waals surface area contributed by atoms with E-state index in [4.69, 9.17) is 0 Å². The minimum absolute atomic E-state index is 0.192. The predicted octanol–water partition coefficient (Wildman–Crippen LogP) is 1.89. The molecule has 1 aromatic heterocycles. The second kappa shape index (κ2) is 8.94. The number of thioether (sulfide) groups is 1. The standard InChI is InChI=1S/C15H20N6OS/c1-3-21(4-2)13-7-5-12(6-8-13)9-17-19-14(22)10-23-15-16-11-18-20-15/h5-9,11H,3-4,10H2,1-2H3,(H,19,22)(H,16,18,20)/b17-9-. The maximum absolute atomic E-state index is 11.6. The summed E-state index contributed by atoms with van der Waals surface area (Å²) >= 11 is 1.27. The minimum atomic E-state index is -0.192. The Hall–Kier alpha value is -2.35. The SMILES string of the molecule is CCN(CC)c1ccc(/C=N\NC(=O)CSc2ncn[nH]2)cc1. The van der Waals surface area contributed by atoms with E-state index in [9.17, 15) is 4.79 Å². The van der Waals surface area contributed by atoms with Gasteiger partial charge in [0.15, 0.2) is 5.16 Å². The zero-order valence-corrected chi connectivity index (χ0v) is 14.0. The average molecular weight is 332 g/mol. The van der Waals surface area contributed by atoms with Crippen LogP contribution in [-0.4, -0.2) is 46.1 Å². The van der Waals surface area contributed by atoms with Crippen molar-refractivity contribution < 1.29 is 4.79 Å². The number of hydrogen-bond acceptors (Lipinski definition) is 6. The normalized spacial score (nSPS) is 10.9. The van der Waals surface area contributed by atoms with Crippen molar-refractivity contribution >= 4 is 29.6 Å². The number of anilines is 1. The van der Waals surface area contributed by atoms with Gasteiger partial charge in [-0.3, -0.25) is 9.89 Å². The van der Waals surface area contributed by atoms with E-state index in [0.717, 1.165) is 18.7 Å². The van der Waals surface area contributed by atoms with Crippen molar-refractivity contribution in [2.24, 2.45) is 5.10 Å². The van der Waals surface area contributed by atoms with Crippen LogP contribution < -0.4 is 10.3 Å². The Labute approximate surface area is 139 Å². The molecule has 8 heteroatoms. The summed E-state index contributed by atoms with van der Waals surface area (Å²) in [5.41, 5.74) is 4.61. The molecule has 0 aliphatic carbocycles. The largest absolute Gasteiger partial charge is 0.372 e. The van der Waals surface area contributed by atoms with Crippen LogP contribution in [0.4, 0.5) is 5.69 Å². The molecule has 0 aliphatic heterocycles. The topological polar surface area (TPSA) is 86.3 Å². The van der Waals surface area contributed by atoms with Gasteiger partial charge in [0.2, 0.25) is 0 Å². The molecule has 2 aromatic rings. The van der Waals surface area contributed by atoms with Crippen molar-refractivity contribution in [1.82, 2.24) is 20.6 Å². The van der Waals surface area contributed by atoms with Crippen LogP contribution in [0, 0.1) is 0 Å². The van der Waals surface area contributed by atoms with Crippen molar-refractivity contribution in [2.75, 3.05) is 23.7 Å². The summed E-state index contributed by atoms with van der Waals surface area (Å²) in [4.78, 5) is 17.8. The van der Waals surface area contributed by atoms with Crippen LogP contribution in [0.25, 0.3) is 0 Å². The fourth-order valence-electron chi connectivity index (χ4n) is 1.97. The number of nitrogens with one attached hydrogen (secondary N) is 2. The number of carbonyl (C=O) groups excluding carboxylic acids is 1. The lowest BCUT2D eigenvalue weighted by Crippen LogP contribution is -2.21. The molecule has 0 aliphatic rings. The minimum Gasteiger partial charge on any atom is -0.372 e. The van der Waals surface area contributed by atoms with E-state index in [1.807, 2.05) is 12.1 Å². The molecule has 0 saturated carbocycles. The second-order valence-corrected chi connectivity index (χ2v) is 5.60. The highest BCUT2D eigenvalue weighted by Crippen LogP contribution is 2.14. The van der Waals surface area contributed by atoms with Gasteiger partial charge in [0.25, 0.3) is 5.91 Å². The molecule has 23 heavy (non-hydrogen) atoms. The highest BCUT2D eigenvalue weighted by atomic mass is 32.2. The average Bonchev–Trinajstić information content (AvgIpc) is 3.09. The zero-order chi connectivity index (χ0) is 16.5. The number of carbonyl (C=O) groups is 1. The van der Waals surface area contributed by atoms with E-state index in [2.05, 4.69) is 56.6 Å². The third-order valence-corrected chi connectivity index (χ3v) is 4.03. The van der Waals surface area contributed by atoms with Crippen molar-refractivity contribution in [3.63, 3.8) is 0 Å². The van der Waals surface area contributed by atoms with Crippen molar-refractivity contribution in [3.05, 3.63) is 36.2 Å². The molecule has 0 atom stereocenters. The smallest absolute Gasteiger partial charge is 0.250 e. The molecular formula is C15H20N6OS. The highest BCUT2D eigenvalue weighted by Gasteiger charge is 2.03. The lowest BCUT2D eigenvalue weighted by Gasteiger charge is -2.20. The molecule has 0 bridgehead atoms. The third kappa shape index (κ3) is 5.41. The molecule has 0 spiro atoms. The molecule has 0 unspecified atom stereocenters. The summed E-state index contributed by atoms with van der Waals surface area (Å²) in [5, 5.41) is 11.0. The van der Waals surface area contributed by atoms with Crippen molar-refractivity contribution in [2.45, 2.75) is 19.0 Å². The van der Waals surface area contributed by atoms with E-state index >= 15 is 0 Å². The van der Waals surface area contributed by atoms with Gasteiger partial charge < -0.3 is 4.90 Å². The molecule has 2 N–H and O–H groups in total. The number of hydrazone groups is 1. The summed E-state index contributed by atoms with van der Waals surface area (Å²) < 4.78 is 0. The fourth-order valence-corrected chi connectivity index (χ4v) is 2.54. The van der Waals surface area contributed by atoms with E-state index in [-0.39, 0.29) is 11.7 Å². The first-order chi connectivity index (χ1) is 11.2. The number of aromatic nitrogens is 3. The molecule has 2 rings (SSSR count). The molecule has 1 heterocycles. The van der Waals surface area contributed by atoms with Crippen LogP contribution in [0.5, 0.6) is 0 Å². The fraction of sp³-hybridized carbons (Fsp3) is 0.333. The Morgan fingerprint density at radius 1 is 1.35 bits per heavy atom. The monoisotopic (exact) mass is 332 g/mol. The Morgan fingerprint density at radius 3 is 2.70 bits per heavy atom. The molecule has 122 valence electrons. The predicted molar refractivity (Wildman–Crippen MR) is 92.8 cm³/mol. The number of amides is 1. The van der Waals surface area contributed by atoms with Crippen LogP contribution in [0.1, 0.15) is 19.4 Å². The number of rotatable bonds is 8. The summed E-state index contributed by atoms with van der Waals surface area (Å²) in [6, 6.07) is 8.06. The maximum atomic E-state index is 11.6. The van der Waals surface area contributed by atoms with Gasteiger partial charge in [-0.05, 0) is 31.5 Å². The molecular weight excluding hydrogens is 312 g/mol. The molecule has 0 radical (unpaired) electrons. The molecule has 1 aromatic carbocycles. The Balaban J connectivity index is 1.79. The van der Waals surface area contributed by atoms with Crippen molar-refractivity contribution in [1.29, 1.82) is 0 Å². The number of hydrogen-bond donors (Lipinski definition) is 2.